The Morgan fingerprint density at radius 3 is 2.72 bits per heavy atom. The average Bonchev–Trinajstić information content (AvgIpc) is 2.41. The molecule has 0 aliphatic heterocycles. The number of ether oxygens (including phenoxy) is 1. The van der Waals surface area contributed by atoms with Crippen LogP contribution in [0.15, 0.2) is 36.5 Å². The van der Waals surface area contributed by atoms with Crippen molar-refractivity contribution in [3.8, 4) is 11.8 Å². The van der Waals surface area contributed by atoms with Crippen molar-refractivity contribution in [1.82, 2.24) is 4.98 Å². The van der Waals surface area contributed by atoms with E-state index >= 15 is 0 Å². The zero-order valence-corrected chi connectivity index (χ0v) is 10.3. The molecule has 1 N–H and O–H groups in total. The Kier molecular flexibility index (Phi) is 3.44. The van der Waals surface area contributed by atoms with Gasteiger partial charge in [-0.1, -0.05) is 0 Å². The zero-order chi connectivity index (χ0) is 13.0. The third-order valence-corrected chi connectivity index (χ3v) is 2.54. The monoisotopic (exact) mass is 239 g/mol. The minimum absolute atomic E-state index is 0.566. The van der Waals surface area contributed by atoms with Gasteiger partial charge in [-0.3, -0.25) is 4.98 Å². The van der Waals surface area contributed by atoms with E-state index in [1.165, 1.54) is 0 Å². The lowest BCUT2D eigenvalue weighted by atomic mass is 10.2. The molecule has 0 saturated heterocycles. The van der Waals surface area contributed by atoms with Gasteiger partial charge in [-0.2, -0.15) is 5.26 Å². The summed E-state index contributed by atoms with van der Waals surface area (Å²) in [5, 5.41) is 12.2. The van der Waals surface area contributed by atoms with E-state index in [-0.39, 0.29) is 0 Å². The predicted molar refractivity (Wildman–Crippen MR) is 70.0 cm³/mol. The Bertz CT molecular complexity index is 585. The van der Waals surface area contributed by atoms with E-state index < -0.39 is 0 Å². The number of hydrogen-bond donors (Lipinski definition) is 1. The van der Waals surface area contributed by atoms with Gasteiger partial charge in [0, 0.05) is 11.8 Å². The smallest absolute Gasteiger partial charge is 0.121 e. The first-order chi connectivity index (χ1) is 8.72. The van der Waals surface area contributed by atoms with Crippen LogP contribution in [0.2, 0.25) is 0 Å². The largest absolute Gasteiger partial charge is 0.497 e. The van der Waals surface area contributed by atoms with Crippen molar-refractivity contribution >= 4 is 11.4 Å². The molecule has 0 bridgehead atoms. The van der Waals surface area contributed by atoms with E-state index in [2.05, 4.69) is 16.4 Å². The van der Waals surface area contributed by atoms with Gasteiger partial charge in [-0.15, -0.1) is 0 Å². The number of nitrogens with one attached hydrogen (secondary N) is 1. The number of nitriles is 1. The van der Waals surface area contributed by atoms with E-state index in [1.807, 2.05) is 19.1 Å². The van der Waals surface area contributed by atoms with Crippen molar-refractivity contribution in [2.24, 2.45) is 0 Å². The predicted octanol–water partition coefficient (Wildman–Crippen LogP) is 3.01. The maximum atomic E-state index is 9.06. The molecular weight excluding hydrogens is 226 g/mol. The van der Waals surface area contributed by atoms with E-state index in [0.29, 0.717) is 17.0 Å². The van der Waals surface area contributed by atoms with Crippen LogP contribution in [0.25, 0.3) is 0 Å². The van der Waals surface area contributed by atoms with Crippen LogP contribution in [-0.4, -0.2) is 12.1 Å². The normalized spacial score (nSPS) is 9.61. The van der Waals surface area contributed by atoms with Gasteiger partial charge in [0.15, 0.2) is 0 Å². The Balaban J connectivity index is 2.32. The fourth-order valence-electron chi connectivity index (χ4n) is 1.55. The summed E-state index contributed by atoms with van der Waals surface area (Å²) in [6.07, 6.45) is 1.73. The molecule has 1 aromatic carbocycles. The Morgan fingerprint density at radius 1 is 1.28 bits per heavy atom. The van der Waals surface area contributed by atoms with Crippen molar-refractivity contribution < 1.29 is 4.74 Å². The average molecular weight is 239 g/mol. The Labute approximate surface area is 106 Å². The van der Waals surface area contributed by atoms with Crippen LogP contribution in [0.4, 0.5) is 11.4 Å². The summed E-state index contributed by atoms with van der Waals surface area (Å²) < 4.78 is 5.15. The Morgan fingerprint density at radius 2 is 2.11 bits per heavy atom. The number of anilines is 2. The van der Waals surface area contributed by atoms with E-state index in [1.54, 1.807) is 31.5 Å². The summed E-state index contributed by atoms with van der Waals surface area (Å²) in [6, 6.07) is 11.2. The minimum atomic E-state index is 0.566. The second kappa shape index (κ2) is 5.19. The highest BCUT2D eigenvalue weighted by Crippen LogP contribution is 2.25. The van der Waals surface area contributed by atoms with Gasteiger partial charge in [-0.25, -0.2) is 0 Å². The SMILES string of the molecule is COc1ccc(C#N)c(Nc2ccc(C)nc2)c1. The number of rotatable bonds is 3. The maximum absolute atomic E-state index is 9.06. The fraction of sp³-hybridized carbons (Fsp3) is 0.143. The summed E-state index contributed by atoms with van der Waals surface area (Å²) in [7, 11) is 1.60. The molecule has 18 heavy (non-hydrogen) atoms. The van der Waals surface area contributed by atoms with Gasteiger partial charge in [0.1, 0.15) is 11.8 Å². The molecule has 2 rings (SSSR count). The molecule has 0 unspecified atom stereocenters. The third kappa shape index (κ3) is 2.58. The van der Waals surface area contributed by atoms with Gasteiger partial charge < -0.3 is 10.1 Å². The zero-order valence-electron chi connectivity index (χ0n) is 10.3. The molecular formula is C14H13N3O. The van der Waals surface area contributed by atoms with Crippen molar-refractivity contribution in [3.05, 3.63) is 47.8 Å². The number of pyridine rings is 1. The standard InChI is InChI=1S/C14H13N3O/c1-10-3-5-12(9-16-10)17-14-7-13(18-2)6-4-11(14)8-15/h3-7,9,17H,1-2H3. The van der Waals surface area contributed by atoms with Gasteiger partial charge in [0.2, 0.25) is 0 Å². The molecule has 4 heteroatoms. The van der Waals surface area contributed by atoms with Gasteiger partial charge in [-0.05, 0) is 31.2 Å². The first-order valence-corrected chi connectivity index (χ1v) is 5.51. The van der Waals surface area contributed by atoms with Crippen LogP contribution in [-0.2, 0) is 0 Å². The van der Waals surface area contributed by atoms with Crippen molar-refractivity contribution in [2.75, 3.05) is 12.4 Å². The first-order valence-electron chi connectivity index (χ1n) is 5.51. The quantitative estimate of drug-likeness (QED) is 0.894. The molecule has 0 atom stereocenters. The highest BCUT2D eigenvalue weighted by Gasteiger charge is 2.04. The highest BCUT2D eigenvalue weighted by molar-refractivity contribution is 5.67. The summed E-state index contributed by atoms with van der Waals surface area (Å²) >= 11 is 0. The van der Waals surface area contributed by atoms with E-state index in [9.17, 15) is 0 Å². The topological polar surface area (TPSA) is 57.9 Å². The Hall–Kier alpha value is -2.54. The van der Waals surface area contributed by atoms with Crippen molar-refractivity contribution in [1.29, 1.82) is 5.26 Å². The molecule has 0 radical (unpaired) electrons. The van der Waals surface area contributed by atoms with Gasteiger partial charge >= 0.3 is 0 Å². The van der Waals surface area contributed by atoms with Crippen LogP contribution >= 0.6 is 0 Å². The molecule has 0 amide bonds. The second-order valence-corrected chi connectivity index (χ2v) is 3.84. The number of nitrogens with zero attached hydrogens (tertiary/aromatic N) is 2. The van der Waals surface area contributed by atoms with Crippen molar-refractivity contribution in [2.45, 2.75) is 6.92 Å². The third-order valence-electron chi connectivity index (χ3n) is 2.54. The van der Waals surface area contributed by atoms with Crippen LogP contribution in [0.3, 0.4) is 0 Å². The number of hydrogen-bond acceptors (Lipinski definition) is 4. The molecule has 2 aromatic rings. The summed E-state index contributed by atoms with van der Waals surface area (Å²) in [4.78, 5) is 4.20. The lowest BCUT2D eigenvalue weighted by Gasteiger charge is -2.09. The van der Waals surface area contributed by atoms with Crippen LogP contribution in [0.1, 0.15) is 11.3 Å². The fourth-order valence-corrected chi connectivity index (χ4v) is 1.55. The maximum Gasteiger partial charge on any atom is 0.121 e. The molecule has 0 saturated carbocycles. The molecule has 1 aromatic heterocycles. The number of aryl methyl sites for hydroxylation is 1. The summed E-state index contributed by atoms with van der Waals surface area (Å²) in [5.41, 5.74) is 3.07. The number of benzene rings is 1. The molecule has 0 aliphatic rings. The summed E-state index contributed by atoms with van der Waals surface area (Å²) in [5.74, 6) is 0.705. The molecule has 0 aliphatic carbocycles. The first kappa shape index (κ1) is 11.9. The molecule has 0 fully saturated rings. The minimum Gasteiger partial charge on any atom is -0.497 e. The number of methoxy groups -OCH3 is 1. The van der Waals surface area contributed by atoms with Gasteiger partial charge in [0.05, 0.1) is 30.2 Å². The van der Waals surface area contributed by atoms with Crippen molar-refractivity contribution in [3.63, 3.8) is 0 Å². The van der Waals surface area contributed by atoms with Crippen LogP contribution < -0.4 is 10.1 Å². The summed E-state index contributed by atoms with van der Waals surface area (Å²) in [6.45, 7) is 1.93. The van der Waals surface area contributed by atoms with E-state index in [0.717, 1.165) is 11.4 Å². The van der Waals surface area contributed by atoms with E-state index in [4.69, 9.17) is 10.00 Å². The highest BCUT2D eigenvalue weighted by atomic mass is 16.5. The lowest BCUT2D eigenvalue weighted by molar-refractivity contribution is 0.415. The lowest BCUT2D eigenvalue weighted by Crippen LogP contribution is -1.95. The molecule has 90 valence electrons. The van der Waals surface area contributed by atoms with Crippen LogP contribution in [0.5, 0.6) is 5.75 Å². The molecule has 1 heterocycles. The van der Waals surface area contributed by atoms with Gasteiger partial charge in [0.25, 0.3) is 0 Å². The molecule has 4 nitrogen and oxygen atoms in total. The molecule has 0 spiro atoms. The second-order valence-electron chi connectivity index (χ2n) is 3.84. The van der Waals surface area contributed by atoms with Crippen LogP contribution in [0, 0.1) is 18.3 Å². The number of aromatic nitrogens is 1.